The summed E-state index contributed by atoms with van der Waals surface area (Å²) < 4.78 is 0. The van der Waals surface area contributed by atoms with Crippen LogP contribution in [0.5, 0.6) is 0 Å². The van der Waals surface area contributed by atoms with E-state index >= 15 is 0 Å². The number of hydrogen-bond donors (Lipinski definition) is 2. The lowest BCUT2D eigenvalue weighted by Crippen LogP contribution is -2.53. The van der Waals surface area contributed by atoms with Gasteiger partial charge in [0.05, 0.1) is 5.60 Å². The molecule has 0 aromatic heterocycles. The van der Waals surface area contributed by atoms with Gasteiger partial charge in [-0.15, -0.1) is 0 Å². The Morgan fingerprint density at radius 2 is 2.22 bits per heavy atom. The normalized spacial score (nSPS) is 34.1. The fraction of sp³-hybridized carbons (Fsp3) is 0.786. The quantitative estimate of drug-likeness (QED) is 0.751. The van der Waals surface area contributed by atoms with Crippen LogP contribution in [0.25, 0.3) is 0 Å². The average molecular weight is 253 g/mol. The van der Waals surface area contributed by atoms with E-state index in [9.17, 15) is 9.90 Å². The molecule has 18 heavy (non-hydrogen) atoms. The van der Waals surface area contributed by atoms with Gasteiger partial charge in [0.25, 0.3) is 0 Å². The summed E-state index contributed by atoms with van der Waals surface area (Å²) in [7, 11) is 0. The van der Waals surface area contributed by atoms with Crippen LogP contribution in [0.2, 0.25) is 0 Å². The van der Waals surface area contributed by atoms with E-state index in [1.165, 1.54) is 12.5 Å². The Hall–Kier alpha value is -0.870. The summed E-state index contributed by atoms with van der Waals surface area (Å²) in [5, 5.41) is 19.3. The molecule has 1 heterocycles. The molecular formula is C14H23NO3. The summed E-state index contributed by atoms with van der Waals surface area (Å²) in [5.41, 5.74) is 0.433. The summed E-state index contributed by atoms with van der Waals surface area (Å²) in [6.45, 7) is 4.34. The fourth-order valence-electron chi connectivity index (χ4n) is 3.39. The summed E-state index contributed by atoms with van der Waals surface area (Å²) >= 11 is 0. The predicted molar refractivity (Wildman–Crippen MR) is 69.4 cm³/mol. The molecule has 0 amide bonds. The summed E-state index contributed by atoms with van der Waals surface area (Å²) in [6, 6.07) is 0. The number of fused-ring (bicyclic) bond motifs is 1. The number of piperidine rings is 1. The van der Waals surface area contributed by atoms with Gasteiger partial charge in [-0.2, -0.15) is 0 Å². The van der Waals surface area contributed by atoms with E-state index < -0.39 is 11.6 Å². The van der Waals surface area contributed by atoms with Gasteiger partial charge in [0, 0.05) is 31.6 Å². The van der Waals surface area contributed by atoms with Crippen molar-refractivity contribution in [3.63, 3.8) is 0 Å². The molecule has 2 aliphatic rings. The molecule has 1 aliphatic carbocycles. The SMILES string of the molecule is CC(=CC(=O)O)CN1CCC2(O)CCCCC2C1. The largest absolute Gasteiger partial charge is 0.478 e. The third-order valence-electron chi connectivity index (χ3n) is 4.35. The first-order valence-corrected chi connectivity index (χ1v) is 6.84. The van der Waals surface area contributed by atoms with Crippen LogP contribution >= 0.6 is 0 Å². The molecule has 0 bridgehead atoms. The van der Waals surface area contributed by atoms with E-state index in [0.29, 0.717) is 12.5 Å². The number of carboxylic acid groups (broad SMARTS) is 1. The number of likely N-dealkylation sites (tertiary alicyclic amines) is 1. The van der Waals surface area contributed by atoms with Crippen LogP contribution in [-0.2, 0) is 4.79 Å². The van der Waals surface area contributed by atoms with Crippen LogP contribution in [0.4, 0.5) is 0 Å². The molecule has 2 N–H and O–H groups in total. The standard InChI is InChI=1S/C14H23NO3/c1-11(8-13(16)17)9-15-7-6-14(18)5-3-2-4-12(14)10-15/h8,12,18H,2-7,9-10H2,1H3,(H,16,17). The minimum absolute atomic E-state index is 0.373. The second-order valence-electron chi connectivity index (χ2n) is 5.86. The number of aliphatic hydroxyl groups is 1. The molecule has 2 atom stereocenters. The topological polar surface area (TPSA) is 60.8 Å². The van der Waals surface area contributed by atoms with Crippen molar-refractivity contribution in [2.75, 3.05) is 19.6 Å². The smallest absolute Gasteiger partial charge is 0.328 e. The highest BCUT2D eigenvalue weighted by molar-refractivity contribution is 5.80. The first kappa shape index (κ1) is 13.6. The summed E-state index contributed by atoms with van der Waals surface area (Å²) in [6.07, 6.45) is 6.51. The Morgan fingerprint density at radius 1 is 1.44 bits per heavy atom. The van der Waals surface area contributed by atoms with E-state index in [0.717, 1.165) is 44.3 Å². The first-order valence-electron chi connectivity index (χ1n) is 6.84. The number of rotatable bonds is 3. The number of carbonyl (C=O) groups is 1. The third-order valence-corrected chi connectivity index (χ3v) is 4.35. The van der Waals surface area contributed by atoms with Gasteiger partial charge in [0.15, 0.2) is 0 Å². The lowest BCUT2D eigenvalue weighted by atomic mass is 9.71. The number of aliphatic carboxylic acids is 1. The highest BCUT2D eigenvalue weighted by Gasteiger charge is 2.42. The van der Waals surface area contributed by atoms with E-state index in [1.54, 1.807) is 0 Å². The van der Waals surface area contributed by atoms with Gasteiger partial charge >= 0.3 is 5.97 Å². The zero-order chi connectivity index (χ0) is 13.2. The molecular weight excluding hydrogens is 230 g/mol. The van der Waals surface area contributed by atoms with Crippen molar-refractivity contribution in [1.82, 2.24) is 4.90 Å². The predicted octanol–water partition coefficient (Wildman–Crippen LogP) is 1.64. The molecule has 4 heteroatoms. The molecule has 1 saturated heterocycles. The fourth-order valence-corrected chi connectivity index (χ4v) is 3.39. The number of hydrogen-bond acceptors (Lipinski definition) is 3. The number of carboxylic acids is 1. The zero-order valence-electron chi connectivity index (χ0n) is 11.1. The van der Waals surface area contributed by atoms with Gasteiger partial charge in [-0.3, -0.25) is 4.90 Å². The molecule has 2 unspecified atom stereocenters. The molecule has 0 aromatic rings. The lowest BCUT2D eigenvalue weighted by molar-refractivity contribution is -0.131. The highest BCUT2D eigenvalue weighted by Crippen LogP contribution is 2.39. The maximum Gasteiger partial charge on any atom is 0.328 e. The van der Waals surface area contributed by atoms with Crippen LogP contribution < -0.4 is 0 Å². The average Bonchev–Trinajstić information content (AvgIpc) is 2.28. The van der Waals surface area contributed by atoms with Crippen LogP contribution in [-0.4, -0.2) is 46.3 Å². The Bertz CT molecular complexity index is 353. The zero-order valence-corrected chi connectivity index (χ0v) is 11.1. The van der Waals surface area contributed by atoms with Crippen molar-refractivity contribution >= 4 is 5.97 Å². The van der Waals surface area contributed by atoms with E-state index in [4.69, 9.17) is 5.11 Å². The second-order valence-corrected chi connectivity index (χ2v) is 5.86. The molecule has 0 aromatic carbocycles. The minimum atomic E-state index is -0.876. The van der Waals surface area contributed by atoms with E-state index in [1.807, 2.05) is 6.92 Å². The van der Waals surface area contributed by atoms with Crippen molar-refractivity contribution in [1.29, 1.82) is 0 Å². The van der Waals surface area contributed by atoms with Crippen molar-refractivity contribution in [3.05, 3.63) is 11.6 Å². The molecule has 2 rings (SSSR count). The van der Waals surface area contributed by atoms with Gasteiger partial charge in [0.2, 0.25) is 0 Å². The van der Waals surface area contributed by atoms with Crippen LogP contribution in [0.1, 0.15) is 39.0 Å². The summed E-state index contributed by atoms with van der Waals surface area (Å²) in [4.78, 5) is 12.9. The van der Waals surface area contributed by atoms with Crippen molar-refractivity contribution < 1.29 is 15.0 Å². The van der Waals surface area contributed by atoms with Gasteiger partial charge in [-0.05, 0) is 26.2 Å². The van der Waals surface area contributed by atoms with Crippen molar-refractivity contribution in [3.8, 4) is 0 Å². The highest BCUT2D eigenvalue weighted by atomic mass is 16.4. The maximum absolute atomic E-state index is 10.6. The van der Waals surface area contributed by atoms with Gasteiger partial charge in [0.1, 0.15) is 0 Å². The lowest BCUT2D eigenvalue weighted by Gasteiger charge is -2.47. The summed E-state index contributed by atoms with van der Waals surface area (Å²) in [5.74, 6) is -0.503. The Labute approximate surface area is 108 Å². The van der Waals surface area contributed by atoms with Crippen molar-refractivity contribution in [2.24, 2.45) is 5.92 Å². The Morgan fingerprint density at radius 3 is 2.94 bits per heavy atom. The molecule has 4 nitrogen and oxygen atoms in total. The molecule has 102 valence electrons. The van der Waals surface area contributed by atoms with Crippen LogP contribution in [0, 0.1) is 5.92 Å². The van der Waals surface area contributed by atoms with E-state index in [2.05, 4.69) is 4.90 Å². The second kappa shape index (κ2) is 5.41. The number of nitrogens with zero attached hydrogens (tertiary/aromatic N) is 1. The Balaban J connectivity index is 1.92. The first-order chi connectivity index (χ1) is 8.49. The maximum atomic E-state index is 10.6. The van der Waals surface area contributed by atoms with E-state index in [-0.39, 0.29) is 0 Å². The molecule has 2 fully saturated rings. The van der Waals surface area contributed by atoms with Gasteiger partial charge in [-0.1, -0.05) is 18.4 Å². The van der Waals surface area contributed by atoms with Crippen LogP contribution in [0.3, 0.4) is 0 Å². The molecule has 0 spiro atoms. The van der Waals surface area contributed by atoms with Crippen molar-refractivity contribution in [2.45, 2.75) is 44.6 Å². The van der Waals surface area contributed by atoms with Gasteiger partial charge in [-0.25, -0.2) is 4.79 Å². The van der Waals surface area contributed by atoms with Crippen LogP contribution in [0.15, 0.2) is 11.6 Å². The third kappa shape index (κ3) is 3.12. The molecule has 1 saturated carbocycles. The molecule has 0 radical (unpaired) electrons. The Kier molecular flexibility index (Phi) is 4.07. The monoisotopic (exact) mass is 253 g/mol. The van der Waals surface area contributed by atoms with Gasteiger partial charge < -0.3 is 10.2 Å². The molecule has 1 aliphatic heterocycles. The minimum Gasteiger partial charge on any atom is -0.478 e.